The number of carbonyl (C=O) groups excluding carboxylic acids is 2. The van der Waals surface area contributed by atoms with E-state index in [1.807, 2.05) is 43.0 Å². The van der Waals surface area contributed by atoms with Crippen LogP contribution in [0.15, 0.2) is 35.7 Å². The van der Waals surface area contributed by atoms with Crippen molar-refractivity contribution in [2.24, 2.45) is 0 Å². The molecule has 7 heteroatoms. The summed E-state index contributed by atoms with van der Waals surface area (Å²) in [6, 6.07) is 9.89. The van der Waals surface area contributed by atoms with Crippen molar-refractivity contribution in [1.29, 1.82) is 0 Å². The van der Waals surface area contributed by atoms with Crippen LogP contribution in [0.4, 0.5) is 0 Å². The molecule has 1 aromatic carbocycles. The van der Waals surface area contributed by atoms with E-state index >= 15 is 0 Å². The number of nitrogens with zero attached hydrogens (tertiary/aromatic N) is 2. The smallest absolute Gasteiger partial charge is 0.242 e. The fourth-order valence-electron chi connectivity index (χ4n) is 3.85. The predicted molar refractivity (Wildman–Crippen MR) is 123 cm³/mol. The molecule has 0 radical (unpaired) electrons. The molecule has 1 aliphatic heterocycles. The molecule has 31 heavy (non-hydrogen) atoms. The van der Waals surface area contributed by atoms with Crippen LogP contribution in [0.2, 0.25) is 0 Å². The molecule has 0 spiro atoms. The summed E-state index contributed by atoms with van der Waals surface area (Å²) in [4.78, 5) is 30.5. The Labute approximate surface area is 188 Å². The summed E-state index contributed by atoms with van der Waals surface area (Å²) in [5, 5.41) is 2.08. The standard InChI is InChI=1S/C24H32N2O4S/c1-4-23(27)25(12-5-14-29-3)16-24(28)26-13-10-22-20(11-15-31-22)21(26)17-30-19-8-6-18(2)7-9-19/h6-9,11,15,21H,4-5,10,12-14,16-17H2,1-3H3. The summed E-state index contributed by atoms with van der Waals surface area (Å²) in [7, 11) is 1.64. The van der Waals surface area contributed by atoms with Gasteiger partial charge in [0, 0.05) is 38.1 Å². The summed E-state index contributed by atoms with van der Waals surface area (Å²) in [5.74, 6) is 0.751. The van der Waals surface area contributed by atoms with Crippen LogP contribution in [0.5, 0.6) is 5.75 Å². The molecule has 3 rings (SSSR count). The number of ether oxygens (including phenoxy) is 2. The second-order valence-electron chi connectivity index (χ2n) is 7.79. The number of methoxy groups -OCH3 is 1. The minimum atomic E-state index is -0.152. The van der Waals surface area contributed by atoms with Gasteiger partial charge in [0.05, 0.1) is 12.6 Å². The van der Waals surface area contributed by atoms with Crippen molar-refractivity contribution in [2.75, 3.05) is 40.0 Å². The lowest BCUT2D eigenvalue weighted by Gasteiger charge is -2.37. The topological polar surface area (TPSA) is 59.1 Å². The molecule has 0 N–H and O–H groups in total. The zero-order valence-electron chi connectivity index (χ0n) is 18.6. The molecule has 0 aliphatic carbocycles. The van der Waals surface area contributed by atoms with Gasteiger partial charge in [-0.05, 0) is 48.9 Å². The van der Waals surface area contributed by atoms with Crippen LogP contribution in [-0.4, -0.2) is 61.6 Å². The van der Waals surface area contributed by atoms with Crippen LogP contribution in [0.1, 0.15) is 41.8 Å². The average molecular weight is 445 g/mol. The Morgan fingerprint density at radius 3 is 2.71 bits per heavy atom. The van der Waals surface area contributed by atoms with Gasteiger partial charge in [-0.15, -0.1) is 11.3 Å². The molecule has 2 heterocycles. The third-order valence-electron chi connectivity index (χ3n) is 5.60. The lowest BCUT2D eigenvalue weighted by molar-refractivity contribution is -0.142. The van der Waals surface area contributed by atoms with Gasteiger partial charge in [0.1, 0.15) is 12.4 Å². The van der Waals surface area contributed by atoms with Gasteiger partial charge in [0.15, 0.2) is 0 Å². The lowest BCUT2D eigenvalue weighted by atomic mass is 10.0. The van der Waals surface area contributed by atoms with Crippen LogP contribution in [0.25, 0.3) is 0 Å². The van der Waals surface area contributed by atoms with Gasteiger partial charge in [0.2, 0.25) is 11.8 Å². The first-order chi connectivity index (χ1) is 15.0. The van der Waals surface area contributed by atoms with Crippen molar-refractivity contribution in [2.45, 2.75) is 39.2 Å². The molecule has 2 aromatic rings. The summed E-state index contributed by atoms with van der Waals surface area (Å²) < 4.78 is 11.2. The molecule has 6 nitrogen and oxygen atoms in total. The highest BCUT2D eigenvalue weighted by Crippen LogP contribution is 2.34. The largest absolute Gasteiger partial charge is 0.491 e. The molecule has 0 saturated heterocycles. The summed E-state index contributed by atoms with van der Waals surface area (Å²) in [5.41, 5.74) is 2.33. The normalized spacial score (nSPS) is 15.5. The van der Waals surface area contributed by atoms with E-state index in [2.05, 4.69) is 11.4 Å². The molecule has 0 fully saturated rings. The van der Waals surface area contributed by atoms with Crippen molar-refractivity contribution in [3.63, 3.8) is 0 Å². The van der Waals surface area contributed by atoms with Gasteiger partial charge >= 0.3 is 0 Å². The van der Waals surface area contributed by atoms with E-state index in [-0.39, 0.29) is 24.4 Å². The maximum Gasteiger partial charge on any atom is 0.242 e. The lowest BCUT2D eigenvalue weighted by Crippen LogP contribution is -2.48. The average Bonchev–Trinajstić information content (AvgIpc) is 3.26. The Morgan fingerprint density at radius 2 is 2.00 bits per heavy atom. The fraction of sp³-hybridized carbons (Fsp3) is 0.500. The molecule has 0 saturated carbocycles. The van der Waals surface area contributed by atoms with Gasteiger partial charge in [0.25, 0.3) is 0 Å². The van der Waals surface area contributed by atoms with E-state index < -0.39 is 0 Å². The second kappa shape index (κ2) is 11.3. The predicted octanol–water partition coefficient (Wildman–Crippen LogP) is 3.84. The molecular formula is C24H32N2O4S. The molecule has 1 unspecified atom stereocenters. The second-order valence-corrected chi connectivity index (χ2v) is 8.79. The molecule has 1 aliphatic rings. The third kappa shape index (κ3) is 6.08. The highest BCUT2D eigenvalue weighted by molar-refractivity contribution is 7.10. The van der Waals surface area contributed by atoms with Crippen molar-refractivity contribution in [1.82, 2.24) is 9.80 Å². The number of hydrogen-bond donors (Lipinski definition) is 0. The summed E-state index contributed by atoms with van der Waals surface area (Å²) in [6.07, 6.45) is 1.93. The zero-order chi connectivity index (χ0) is 22.2. The first-order valence-corrected chi connectivity index (χ1v) is 11.7. The number of benzene rings is 1. The first-order valence-electron chi connectivity index (χ1n) is 10.8. The van der Waals surface area contributed by atoms with Gasteiger partial charge in [-0.3, -0.25) is 9.59 Å². The van der Waals surface area contributed by atoms with Crippen LogP contribution in [0, 0.1) is 6.92 Å². The fourth-order valence-corrected chi connectivity index (χ4v) is 4.78. The Hall–Kier alpha value is -2.38. The van der Waals surface area contributed by atoms with E-state index in [0.717, 1.165) is 17.7 Å². The molecule has 0 bridgehead atoms. The number of fused-ring (bicyclic) bond motifs is 1. The Bertz CT molecular complexity index is 865. The van der Waals surface area contributed by atoms with E-state index in [1.165, 1.54) is 10.4 Å². The summed E-state index contributed by atoms with van der Waals surface area (Å²) >= 11 is 1.73. The van der Waals surface area contributed by atoms with Gasteiger partial charge in [-0.25, -0.2) is 0 Å². The number of rotatable bonds is 10. The van der Waals surface area contributed by atoms with Crippen LogP contribution >= 0.6 is 11.3 Å². The molecule has 168 valence electrons. The van der Waals surface area contributed by atoms with E-state index in [9.17, 15) is 9.59 Å². The number of thiophene rings is 1. The monoisotopic (exact) mass is 444 g/mol. The molecular weight excluding hydrogens is 412 g/mol. The number of hydrogen-bond acceptors (Lipinski definition) is 5. The highest BCUT2D eigenvalue weighted by Gasteiger charge is 2.33. The zero-order valence-corrected chi connectivity index (χ0v) is 19.5. The van der Waals surface area contributed by atoms with Gasteiger partial charge in [-0.1, -0.05) is 24.6 Å². The Morgan fingerprint density at radius 1 is 1.23 bits per heavy atom. The highest BCUT2D eigenvalue weighted by atomic mass is 32.1. The van der Waals surface area contributed by atoms with Gasteiger partial charge in [-0.2, -0.15) is 0 Å². The van der Waals surface area contributed by atoms with Crippen molar-refractivity contribution >= 4 is 23.2 Å². The van der Waals surface area contributed by atoms with Crippen LogP contribution in [0.3, 0.4) is 0 Å². The van der Waals surface area contributed by atoms with Crippen molar-refractivity contribution < 1.29 is 19.1 Å². The first kappa shape index (κ1) is 23.3. The molecule has 2 amide bonds. The minimum Gasteiger partial charge on any atom is -0.491 e. The third-order valence-corrected chi connectivity index (χ3v) is 6.60. The number of amides is 2. The van der Waals surface area contributed by atoms with Crippen LogP contribution < -0.4 is 4.74 Å². The maximum absolute atomic E-state index is 13.3. The minimum absolute atomic E-state index is 0.00913. The number of carbonyl (C=O) groups is 2. The van der Waals surface area contributed by atoms with Gasteiger partial charge < -0.3 is 19.3 Å². The van der Waals surface area contributed by atoms with Crippen molar-refractivity contribution in [3.05, 3.63) is 51.7 Å². The number of aryl methyl sites for hydroxylation is 1. The van der Waals surface area contributed by atoms with E-state index in [4.69, 9.17) is 9.47 Å². The molecule has 1 atom stereocenters. The maximum atomic E-state index is 13.3. The molecule has 1 aromatic heterocycles. The van der Waals surface area contributed by atoms with E-state index in [0.29, 0.717) is 39.1 Å². The SMILES string of the molecule is CCC(=O)N(CCCOC)CC(=O)N1CCc2sccc2C1COc1ccc(C)cc1. The van der Waals surface area contributed by atoms with Crippen LogP contribution in [-0.2, 0) is 20.7 Å². The Kier molecular flexibility index (Phi) is 8.49. The Balaban J connectivity index is 1.72. The quantitative estimate of drug-likeness (QED) is 0.523. The summed E-state index contributed by atoms with van der Waals surface area (Å²) in [6.45, 7) is 6.08. The van der Waals surface area contributed by atoms with E-state index in [1.54, 1.807) is 23.3 Å². The van der Waals surface area contributed by atoms with Crippen molar-refractivity contribution in [3.8, 4) is 5.75 Å².